The standard InChI is InChI=1S/C11H12N6O3S/c12-2-1-9-8(4-13)11(16-15-9)17-5-7(3-10(17)18)6-21(14,19)20/h7H,1,3,5-6H2,(H,15,16)(H2,14,19,20). The summed E-state index contributed by atoms with van der Waals surface area (Å²) in [5.41, 5.74) is 0.457. The molecule has 1 aliphatic rings. The van der Waals surface area contributed by atoms with Crippen LogP contribution in [0.3, 0.4) is 0 Å². The summed E-state index contributed by atoms with van der Waals surface area (Å²) < 4.78 is 22.2. The van der Waals surface area contributed by atoms with Gasteiger partial charge in [0.05, 0.1) is 23.9 Å². The number of carbonyl (C=O) groups excluding carboxylic acids is 1. The molecule has 2 rings (SSSR count). The lowest BCUT2D eigenvalue weighted by Gasteiger charge is -2.13. The van der Waals surface area contributed by atoms with Gasteiger partial charge in [-0.2, -0.15) is 15.6 Å². The zero-order valence-corrected chi connectivity index (χ0v) is 11.7. The molecule has 0 aliphatic carbocycles. The van der Waals surface area contributed by atoms with Crippen molar-refractivity contribution in [3.05, 3.63) is 11.3 Å². The van der Waals surface area contributed by atoms with Crippen LogP contribution >= 0.6 is 0 Å². The SMILES string of the molecule is N#CCc1[nH]nc(N2CC(CS(N)(=O)=O)CC2=O)c1C#N. The molecule has 1 amide bonds. The molecule has 9 nitrogen and oxygen atoms in total. The molecule has 1 unspecified atom stereocenters. The van der Waals surface area contributed by atoms with Gasteiger partial charge in [0.1, 0.15) is 11.6 Å². The van der Waals surface area contributed by atoms with Gasteiger partial charge in [-0.15, -0.1) is 0 Å². The van der Waals surface area contributed by atoms with Crippen LogP contribution < -0.4 is 10.0 Å². The van der Waals surface area contributed by atoms with E-state index in [1.54, 1.807) is 0 Å². The minimum atomic E-state index is -3.67. The number of nitrogens with zero attached hydrogens (tertiary/aromatic N) is 4. The zero-order chi connectivity index (χ0) is 15.6. The number of aromatic nitrogens is 2. The molecule has 0 saturated carbocycles. The first kappa shape index (κ1) is 15.0. The Morgan fingerprint density at radius 3 is 2.76 bits per heavy atom. The first-order valence-electron chi connectivity index (χ1n) is 6.01. The Hall–Kier alpha value is -2.43. The lowest BCUT2D eigenvalue weighted by molar-refractivity contribution is -0.117. The topological polar surface area (TPSA) is 157 Å². The number of hydrogen-bond acceptors (Lipinski definition) is 6. The molecule has 2 heterocycles. The van der Waals surface area contributed by atoms with Crippen molar-refractivity contribution in [2.75, 3.05) is 17.2 Å². The summed E-state index contributed by atoms with van der Waals surface area (Å²) in [4.78, 5) is 13.2. The molecule has 1 aliphatic heterocycles. The summed E-state index contributed by atoms with van der Waals surface area (Å²) in [6, 6.07) is 3.80. The summed E-state index contributed by atoms with van der Waals surface area (Å²) in [5, 5.41) is 29.2. The monoisotopic (exact) mass is 308 g/mol. The maximum absolute atomic E-state index is 12.0. The first-order chi connectivity index (χ1) is 9.85. The molecule has 3 N–H and O–H groups in total. The maximum atomic E-state index is 12.0. The maximum Gasteiger partial charge on any atom is 0.228 e. The van der Waals surface area contributed by atoms with Crippen LogP contribution in [0.15, 0.2) is 0 Å². The smallest absolute Gasteiger partial charge is 0.228 e. The van der Waals surface area contributed by atoms with E-state index < -0.39 is 15.9 Å². The van der Waals surface area contributed by atoms with Crippen molar-refractivity contribution in [1.29, 1.82) is 10.5 Å². The number of primary sulfonamides is 1. The number of rotatable bonds is 4. The third kappa shape index (κ3) is 3.18. The fourth-order valence-electron chi connectivity index (χ4n) is 2.31. The highest BCUT2D eigenvalue weighted by Crippen LogP contribution is 2.28. The predicted molar refractivity (Wildman–Crippen MR) is 71.1 cm³/mol. The van der Waals surface area contributed by atoms with Crippen molar-refractivity contribution in [2.45, 2.75) is 12.8 Å². The van der Waals surface area contributed by atoms with Crippen LogP contribution in [0.5, 0.6) is 0 Å². The van der Waals surface area contributed by atoms with Crippen molar-refractivity contribution < 1.29 is 13.2 Å². The Morgan fingerprint density at radius 2 is 2.19 bits per heavy atom. The second kappa shape index (κ2) is 5.52. The predicted octanol–water partition coefficient (Wildman–Crippen LogP) is -1.01. The van der Waals surface area contributed by atoms with Gasteiger partial charge < -0.3 is 0 Å². The molecular weight excluding hydrogens is 296 g/mol. The van der Waals surface area contributed by atoms with E-state index in [0.29, 0.717) is 5.69 Å². The van der Waals surface area contributed by atoms with E-state index in [4.69, 9.17) is 15.7 Å². The van der Waals surface area contributed by atoms with E-state index in [1.165, 1.54) is 4.90 Å². The largest absolute Gasteiger partial charge is 0.294 e. The molecule has 0 bridgehead atoms. The van der Waals surface area contributed by atoms with Crippen LogP contribution in [0, 0.1) is 28.6 Å². The van der Waals surface area contributed by atoms with Crippen molar-refractivity contribution in [1.82, 2.24) is 10.2 Å². The zero-order valence-electron chi connectivity index (χ0n) is 10.9. The number of nitriles is 2. The van der Waals surface area contributed by atoms with E-state index in [-0.39, 0.29) is 42.4 Å². The number of aromatic amines is 1. The molecule has 1 aromatic rings. The van der Waals surface area contributed by atoms with Crippen LogP contribution in [0.4, 0.5) is 5.82 Å². The van der Waals surface area contributed by atoms with E-state index in [9.17, 15) is 13.2 Å². The van der Waals surface area contributed by atoms with Gasteiger partial charge in [-0.1, -0.05) is 0 Å². The lowest BCUT2D eigenvalue weighted by atomic mass is 10.1. The van der Waals surface area contributed by atoms with Gasteiger partial charge >= 0.3 is 0 Å². The van der Waals surface area contributed by atoms with Crippen molar-refractivity contribution >= 4 is 21.7 Å². The molecule has 1 fully saturated rings. The van der Waals surface area contributed by atoms with E-state index in [2.05, 4.69) is 10.2 Å². The van der Waals surface area contributed by atoms with Crippen molar-refractivity contribution in [3.8, 4) is 12.1 Å². The minimum absolute atomic E-state index is 0.0292. The van der Waals surface area contributed by atoms with Gasteiger partial charge in [0, 0.05) is 18.9 Å². The van der Waals surface area contributed by atoms with Gasteiger partial charge in [0.2, 0.25) is 15.9 Å². The fraction of sp³-hybridized carbons (Fsp3) is 0.455. The van der Waals surface area contributed by atoms with Gasteiger partial charge in [0.15, 0.2) is 5.82 Å². The summed E-state index contributed by atoms with van der Waals surface area (Å²) in [7, 11) is -3.67. The number of hydrogen-bond donors (Lipinski definition) is 2. The molecular formula is C11H12N6O3S. The Balaban J connectivity index is 2.26. The second-order valence-corrected chi connectivity index (χ2v) is 6.41. The number of nitrogens with two attached hydrogens (primary N) is 1. The van der Waals surface area contributed by atoms with Crippen molar-refractivity contribution in [3.63, 3.8) is 0 Å². The third-order valence-electron chi connectivity index (χ3n) is 3.12. The van der Waals surface area contributed by atoms with Crippen LogP contribution in [0.2, 0.25) is 0 Å². The van der Waals surface area contributed by atoms with Crippen LogP contribution in [-0.4, -0.2) is 36.8 Å². The average molecular weight is 308 g/mol. The molecule has 1 atom stereocenters. The number of anilines is 1. The van der Waals surface area contributed by atoms with E-state index in [1.807, 2.05) is 12.1 Å². The first-order valence-corrected chi connectivity index (χ1v) is 7.72. The van der Waals surface area contributed by atoms with Crippen LogP contribution in [0.1, 0.15) is 17.7 Å². The molecule has 1 aromatic heterocycles. The number of sulfonamides is 1. The fourth-order valence-corrected chi connectivity index (χ4v) is 3.19. The number of H-pyrrole nitrogens is 1. The second-order valence-electron chi connectivity index (χ2n) is 4.75. The third-order valence-corrected chi connectivity index (χ3v) is 4.05. The Bertz CT molecular complexity index is 754. The number of carbonyl (C=O) groups is 1. The van der Waals surface area contributed by atoms with Crippen LogP contribution in [0.25, 0.3) is 0 Å². The number of amides is 1. The highest BCUT2D eigenvalue weighted by molar-refractivity contribution is 7.89. The molecule has 110 valence electrons. The lowest BCUT2D eigenvalue weighted by Crippen LogP contribution is -2.28. The Morgan fingerprint density at radius 1 is 1.48 bits per heavy atom. The summed E-state index contributed by atoms with van der Waals surface area (Å²) in [6.45, 7) is 0.126. The Kier molecular flexibility index (Phi) is 3.93. The van der Waals surface area contributed by atoms with Gasteiger partial charge in [-0.05, 0) is 0 Å². The summed E-state index contributed by atoms with van der Waals surface area (Å²) in [6.07, 6.45) is 0.000271. The van der Waals surface area contributed by atoms with E-state index in [0.717, 1.165) is 0 Å². The minimum Gasteiger partial charge on any atom is -0.294 e. The molecule has 10 heteroatoms. The molecule has 0 spiro atoms. The quantitative estimate of drug-likeness (QED) is 0.725. The normalized spacial score (nSPS) is 18.5. The molecule has 0 aromatic carbocycles. The highest BCUT2D eigenvalue weighted by Gasteiger charge is 2.35. The van der Waals surface area contributed by atoms with Gasteiger partial charge in [-0.3, -0.25) is 14.8 Å². The van der Waals surface area contributed by atoms with Crippen molar-refractivity contribution in [2.24, 2.45) is 11.1 Å². The molecule has 21 heavy (non-hydrogen) atoms. The summed E-state index contributed by atoms with van der Waals surface area (Å²) in [5.74, 6) is -0.929. The number of nitrogens with one attached hydrogen (secondary N) is 1. The highest BCUT2D eigenvalue weighted by atomic mass is 32.2. The van der Waals surface area contributed by atoms with E-state index >= 15 is 0 Å². The van der Waals surface area contributed by atoms with Gasteiger partial charge in [-0.25, -0.2) is 13.6 Å². The molecule has 0 radical (unpaired) electrons. The Labute approximate surface area is 121 Å². The summed E-state index contributed by atoms with van der Waals surface area (Å²) >= 11 is 0. The van der Waals surface area contributed by atoms with Crippen LogP contribution in [-0.2, 0) is 21.2 Å². The van der Waals surface area contributed by atoms with Gasteiger partial charge in [0.25, 0.3) is 0 Å². The molecule has 1 saturated heterocycles. The average Bonchev–Trinajstić information content (AvgIpc) is 2.91.